The van der Waals surface area contributed by atoms with E-state index < -0.39 is 5.54 Å². The quantitative estimate of drug-likeness (QED) is 0.616. The van der Waals surface area contributed by atoms with Gasteiger partial charge in [-0.1, -0.05) is 38.3 Å². The van der Waals surface area contributed by atoms with E-state index in [1.807, 2.05) is 24.3 Å². The first-order valence-electron chi connectivity index (χ1n) is 8.99. The number of nitrogens with two attached hydrogens (primary N) is 1. The molecule has 1 fully saturated rings. The molecule has 1 amide bonds. The molecule has 5 nitrogen and oxygen atoms in total. The lowest BCUT2D eigenvalue weighted by Crippen LogP contribution is -2.48. The van der Waals surface area contributed by atoms with Crippen molar-refractivity contribution in [3.05, 3.63) is 29.8 Å². The van der Waals surface area contributed by atoms with E-state index in [2.05, 4.69) is 12.2 Å². The summed E-state index contributed by atoms with van der Waals surface area (Å²) in [5, 5.41) is 2.95. The fourth-order valence-electron chi connectivity index (χ4n) is 2.88. The fraction of sp³-hybridized carbons (Fsp3) is 0.632. The van der Waals surface area contributed by atoms with Crippen molar-refractivity contribution in [1.82, 2.24) is 0 Å². The Labute approximate surface area is 157 Å². The zero-order valence-corrected chi connectivity index (χ0v) is 15.9. The third-order valence-corrected chi connectivity index (χ3v) is 4.42. The number of carbonyl (C=O) groups is 1. The molecular weight excluding hydrogens is 340 g/mol. The number of halogens is 1. The van der Waals surface area contributed by atoms with Gasteiger partial charge in [-0.3, -0.25) is 4.79 Å². The molecule has 0 aliphatic heterocycles. The van der Waals surface area contributed by atoms with Gasteiger partial charge in [-0.15, -0.1) is 12.4 Å². The fourth-order valence-corrected chi connectivity index (χ4v) is 2.88. The summed E-state index contributed by atoms with van der Waals surface area (Å²) in [5.74, 6) is -0.0811. The number of carbonyl (C=O) groups excluding carboxylic acids is 1. The number of benzene rings is 1. The molecule has 0 spiro atoms. The van der Waals surface area contributed by atoms with Gasteiger partial charge < -0.3 is 20.5 Å². The van der Waals surface area contributed by atoms with Crippen molar-refractivity contribution >= 4 is 24.0 Å². The summed E-state index contributed by atoms with van der Waals surface area (Å²) in [4.78, 5) is 12.3. The van der Waals surface area contributed by atoms with Crippen molar-refractivity contribution in [3.63, 3.8) is 0 Å². The number of hydrogen-bond acceptors (Lipinski definition) is 4. The summed E-state index contributed by atoms with van der Waals surface area (Å²) in [5.41, 5.74) is 7.28. The van der Waals surface area contributed by atoms with Crippen molar-refractivity contribution in [2.75, 3.05) is 25.1 Å². The van der Waals surface area contributed by atoms with Gasteiger partial charge in [0, 0.05) is 12.3 Å². The first kappa shape index (κ1) is 21.9. The molecule has 25 heavy (non-hydrogen) atoms. The molecule has 1 aromatic rings. The first-order valence-corrected chi connectivity index (χ1v) is 8.99. The van der Waals surface area contributed by atoms with Crippen LogP contribution < -0.4 is 11.1 Å². The molecule has 3 N–H and O–H groups in total. The number of hydrogen-bond donors (Lipinski definition) is 2. The zero-order valence-electron chi connectivity index (χ0n) is 15.1. The van der Waals surface area contributed by atoms with E-state index in [9.17, 15) is 4.79 Å². The molecule has 1 aliphatic carbocycles. The van der Waals surface area contributed by atoms with Crippen LogP contribution in [-0.2, 0) is 20.9 Å². The predicted octanol–water partition coefficient (Wildman–Crippen LogP) is 3.65. The summed E-state index contributed by atoms with van der Waals surface area (Å²) >= 11 is 0. The van der Waals surface area contributed by atoms with Crippen molar-refractivity contribution in [1.29, 1.82) is 0 Å². The number of ether oxygens (including phenoxy) is 2. The van der Waals surface area contributed by atoms with E-state index in [0.29, 0.717) is 19.8 Å². The summed E-state index contributed by atoms with van der Waals surface area (Å²) < 4.78 is 11.1. The molecule has 0 saturated heterocycles. The third-order valence-electron chi connectivity index (χ3n) is 4.42. The van der Waals surface area contributed by atoms with E-state index >= 15 is 0 Å². The minimum Gasteiger partial charge on any atom is -0.379 e. The van der Waals surface area contributed by atoms with Crippen LogP contribution in [0.5, 0.6) is 0 Å². The minimum atomic E-state index is -0.706. The Morgan fingerprint density at radius 3 is 2.64 bits per heavy atom. The van der Waals surface area contributed by atoms with Gasteiger partial charge in [-0.2, -0.15) is 0 Å². The molecular formula is C19H31ClN2O3. The molecule has 0 atom stereocenters. The smallest absolute Gasteiger partial charge is 0.244 e. The van der Waals surface area contributed by atoms with E-state index in [1.54, 1.807) is 0 Å². The van der Waals surface area contributed by atoms with Gasteiger partial charge >= 0.3 is 0 Å². The first-order chi connectivity index (χ1) is 11.6. The maximum absolute atomic E-state index is 12.3. The Kier molecular flexibility index (Phi) is 10.0. The number of rotatable bonds is 10. The summed E-state index contributed by atoms with van der Waals surface area (Å²) in [6, 6.07) is 7.73. The second-order valence-corrected chi connectivity index (χ2v) is 6.54. The van der Waals surface area contributed by atoms with E-state index in [1.165, 1.54) is 0 Å². The lowest BCUT2D eigenvalue weighted by Gasteiger charge is -2.22. The summed E-state index contributed by atoms with van der Waals surface area (Å²) in [6.07, 6.45) is 5.81. The Morgan fingerprint density at radius 1 is 1.20 bits per heavy atom. The van der Waals surface area contributed by atoms with Crippen LogP contribution in [0.15, 0.2) is 24.3 Å². The molecule has 0 aromatic heterocycles. The van der Waals surface area contributed by atoms with Crippen LogP contribution in [0.3, 0.4) is 0 Å². The zero-order chi connectivity index (χ0) is 17.3. The van der Waals surface area contributed by atoms with Crippen LogP contribution in [0.2, 0.25) is 0 Å². The second-order valence-electron chi connectivity index (χ2n) is 6.54. The SMILES string of the molecule is CCCCOCCOCc1cccc(NC(=O)C2(N)CCCC2)c1.Cl. The van der Waals surface area contributed by atoms with Crippen LogP contribution in [0.1, 0.15) is 51.0 Å². The number of amides is 1. The average molecular weight is 371 g/mol. The second kappa shape index (κ2) is 11.5. The molecule has 1 saturated carbocycles. The van der Waals surface area contributed by atoms with Crippen LogP contribution in [-0.4, -0.2) is 31.3 Å². The van der Waals surface area contributed by atoms with Crippen molar-refractivity contribution in [2.24, 2.45) is 5.73 Å². The molecule has 0 radical (unpaired) electrons. The van der Waals surface area contributed by atoms with Gasteiger partial charge in [0.05, 0.1) is 25.4 Å². The van der Waals surface area contributed by atoms with Gasteiger partial charge in [0.1, 0.15) is 0 Å². The number of nitrogens with one attached hydrogen (secondary N) is 1. The number of anilines is 1. The molecule has 6 heteroatoms. The Morgan fingerprint density at radius 2 is 1.92 bits per heavy atom. The summed E-state index contributed by atoms with van der Waals surface area (Å²) in [7, 11) is 0. The molecule has 1 aliphatic rings. The molecule has 0 bridgehead atoms. The van der Waals surface area contributed by atoms with Gasteiger partial charge in [-0.05, 0) is 37.0 Å². The van der Waals surface area contributed by atoms with Crippen LogP contribution >= 0.6 is 12.4 Å². The molecule has 142 valence electrons. The third kappa shape index (κ3) is 7.32. The highest BCUT2D eigenvalue weighted by atomic mass is 35.5. The normalized spacial score (nSPS) is 15.6. The summed E-state index contributed by atoms with van der Waals surface area (Å²) in [6.45, 7) is 4.64. The van der Waals surface area contributed by atoms with E-state index in [-0.39, 0.29) is 18.3 Å². The highest BCUT2D eigenvalue weighted by molar-refractivity contribution is 5.98. The van der Waals surface area contributed by atoms with Crippen LogP contribution in [0.25, 0.3) is 0 Å². The minimum absolute atomic E-state index is 0. The monoisotopic (exact) mass is 370 g/mol. The van der Waals surface area contributed by atoms with Crippen molar-refractivity contribution in [3.8, 4) is 0 Å². The highest BCUT2D eigenvalue weighted by Crippen LogP contribution is 2.28. The van der Waals surface area contributed by atoms with Gasteiger partial charge in [-0.25, -0.2) is 0 Å². The van der Waals surface area contributed by atoms with E-state index in [0.717, 1.165) is 56.4 Å². The highest BCUT2D eigenvalue weighted by Gasteiger charge is 2.36. The van der Waals surface area contributed by atoms with Gasteiger partial charge in [0.25, 0.3) is 0 Å². The van der Waals surface area contributed by atoms with E-state index in [4.69, 9.17) is 15.2 Å². The molecule has 0 heterocycles. The molecule has 2 rings (SSSR count). The van der Waals surface area contributed by atoms with Crippen LogP contribution in [0, 0.1) is 0 Å². The Bertz CT molecular complexity index is 519. The van der Waals surface area contributed by atoms with Gasteiger partial charge in [0.2, 0.25) is 5.91 Å². The number of unbranched alkanes of at least 4 members (excludes halogenated alkanes) is 1. The van der Waals surface area contributed by atoms with Gasteiger partial charge in [0.15, 0.2) is 0 Å². The van der Waals surface area contributed by atoms with Crippen molar-refractivity contribution < 1.29 is 14.3 Å². The predicted molar refractivity (Wildman–Crippen MR) is 103 cm³/mol. The Hall–Kier alpha value is -1.14. The Balaban J connectivity index is 0.00000312. The topological polar surface area (TPSA) is 73.6 Å². The molecule has 0 unspecified atom stereocenters. The standard InChI is InChI=1S/C19H30N2O3.ClH/c1-2-3-11-23-12-13-24-15-16-7-6-8-17(14-16)21-18(22)19(20)9-4-5-10-19;/h6-8,14H,2-5,9-13,15,20H2,1H3,(H,21,22);1H. The lowest BCUT2D eigenvalue weighted by atomic mass is 9.98. The lowest BCUT2D eigenvalue weighted by molar-refractivity contribution is -0.121. The maximum atomic E-state index is 12.3. The van der Waals surface area contributed by atoms with Crippen molar-refractivity contribution in [2.45, 2.75) is 57.6 Å². The maximum Gasteiger partial charge on any atom is 0.244 e. The average Bonchev–Trinajstić information content (AvgIpc) is 3.02. The van der Waals surface area contributed by atoms with Crippen LogP contribution in [0.4, 0.5) is 5.69 Å². The molecule has 1 aromatic carbocycles. The largest absolute Gasteiger partial charge is 0.379 e.